The van der Waals surface area contributed by atoms with Crippen molar-refractivity contribution >= 4 is 21.9 Å². The van der Waals surface area contributed by atoms with Crippen LogP contribution >= 0.6 is 0 Å². The molecule has 34 heavy (non-hydrogen) atoms. The third-order valence-electron chi connectivity index (χ3n) is 6.19. The van der Waals surface area contributed by atoms with Crippen LogP contribution in [0.4, 0.5) is 5.95 Å². The minimum Gasteiger partial charge on any atom is -0.470 e. The first kappa shape index (κ1) is 22.3. The number of aryl methyl sites for hydroxylation is 2. The molecule has 1 aromatic heterocycles. The van der Waals surface area contributed by atoms with Gasteiger partial charge in [-0.2, -0.15) is 4.98 Å². The topological polar surface area (TPSA) is 122 Å². The van der Waals surface area contributed by atoms with E-state index in [1.165, 1.54) is 18.2 Å². The van der Waals surface area contributed by atoms with Crippen LogP contribution in [0.3, 0.4) is 0 Å². The summed E-state index contributed by atoms with van der Waals surface area (Å²) in [7, 11) is -4.06. The number of carbonyl (C=O) groups excluding carboxylic acids is 1. The van der Waals surface area contributed by atoms with Gasteiger partial charge in [-0.3, -0.25) is 4.79 Å². The fraction of sp³-hybridized carbons (Fsp3) is 0.292. The summed E-state index contributed by atoms with van der Waals surface area (Å²) in [6.45, 7) is 6.84. The Balaban J connectivity index is 1.72. The Morgan fingerprint density at radius 1 is 1.00 bits per heavy atom. The van der Waals surface area contributed by atoms with Crippen LogP contribution in [0, 0.1) is 20.8 Å². The summed E-state index contributed by atoms with van der Waals surface area (Å²) in [5.41, 5.74) is 4.42. The number of nitrogens with one attached hydrogen (secondary N) is 3. The lowest BCUT2D eigenvalue weighted by Crippen LogP contribution is -2.45. The van der Waals surface area contributed by atoms with Gasteiger partial charge >= 0.3 is 0 Å². The van der Waals surface area contributed by atoms with E-state index >= 15 is 0 Å². The second-order valence-corrected chi connectivity index (χ2v) is 10.3. The highest BCUT2D eigenvalue weighted by Gasteiger charge is 2.33. The van der Waals surface area contributed by atoms with Gasteiger partial charge in [0.1, 0.15) is 6.10 Å². The first-order valence-electron chi connectivity index (χ1n) is 11.0. The summed E-state index contributed by atoms with van der Waals surface area (Å²) in [6.07, 6.45) is -0.392. The Hall–Kier alpha value is -3.50. The molecular formula is C24H25N5O4S. The Kier molecular flexibility index (Phi) is 5.49. The van der Waals surface area contributed by atoms with E-state index in [0.29, 0.717) is 24.3 Å². The standard InChI is InChI=1S/C24H25N5O4S/c1-13-6-4-7-14(2)20(13)21-15(3)23-28-24(27-21)29-34(31,32)17-9-5-8-16(10-17)22(30)26-18-11-25-12-19(18)33-23/h4-10,18-19,25H,11-12H2,1-3H3,(H,26,30)(H,27,28,29)/t18-,19-/m1/s1. The predicted octanol–water partition coefficient (Wildman–Crippen LogP) is 2.33. The van der Waals surface area contributed by atoms with E-state index in [-0.39, 0.29) is 34.2 Å². The fourth-order valence-electron chi connectivity index (χ4n) is 4.39. The molecule has 3 aromatic rings. The van der Waals surface area contributed by atoms with Gasteiger partial charge in [0.05, 0.1) is 16.6 Å². The summed E-state index contributed by atoms with van der Waals surface area (Å²) in [6, 6.07) is 11.5. The zero-order valence-corrected chi connectivity index (χ0v) is 19.9. The third kappa shape index (κ3) is 3.99. The number of nitrogens with zero attached hydrogens (tertiary/aromatic N) is 2. The van der Waals surface area contributed by atoms with E-state index in [4.69, 9.17) is 4.74 Å². The average molecular weight is 480 g/mol. The molecule has 2 aliphatic rings. The number of aromatic nitrogens is 2. The first-order valence-corrected chi connectivity index (χ1v) is 12.5. The number of rotatable bonds is 1. The number of carbonyl (C=O) groups is 1. The Morgan fingerprint density at radius 2 is 1.74 bits per heavy atom. The minimum absolute atomic E-state index is 0.0549. The predicted molar refractivity (Wildman–Crippen MR) is 127 cm³/mol. The van der Waals surface area contributed by atoms with Crippen LogP contribution in [0.5, 0.6) is 5.88 Å². The molecule has 1 saturated heterocycles. The van der Waals surface area contributed by atoms with Crippen LogP contribution in [0.1, 0.15) is 27.0 Å². The van der Waals surface area contributed by atoms with Crippen LogP contribution in [-0.2, 0) is 10.0 Å². The van der Waals surface area contributed by atoms with Gasteiger partial charge in [0.2, 0.25) is 11.8 Å². The van der Waals surface area contributed by atoms with Crippen LogP contribution in [-0.4, -0.2) is 49.5 Å². The molecule has 0 unspecified atom stereocenters. The largest absolute Gasteiger partial charge is 0.470 e. The molecule has 10 heteroatoms. The van der Waals surface area contributed by atoms with Gasteiger partial charge in [-0.15, -0.1) is 0 Å². The Morgan fingerprint density at radius 3 is 2.50 bits per heavy atom. The van der Waals surface area contributed by atoms with Crippen LogP contribution in [0.25, 0.3) is 11.3 Å². The molecule has 5 rings (SSSR count). The van der Waals surface area contributed by atoms with Crippen molar-refractivity contribution in [2.45, 2.75) is 37.8 Å². The molecule has 176 valence electrons. The molecule has 1 fully saturated rings. The zero-order chi connectivity index (χ0) is 24.0. The van der Waals surface area contributed by atoms with Gasteiger partial charge < -0.3 is 15.4 Å². The van der Waals surface area contributed by atoms with Gasteiger partial charge in [-0.05, 0) is 50.1 Å². The molecular weight excluding hydrogens is 454 g/mol. The van der Waals surface area contributed by atoms with Crippen molar-refractivity contribution in [3.63, 3.8) is 0 Å². The maximum absolute atomic E-state index is 13.2. The van der Waals surface area contributed by atoms with Crippen molar-refractivity contribution in [3.8, 4) is 17.1 Å². The van der Waals surface area contributed by atoms with Crippen molar-refractivity contribution in [2.24, 2.45) is 0 Å². The molecule has 0 radical (unpaired) electrons. The minimum atomic E-state index is -4.06. The maximum Gasteiger partial charge on any atom is 0.264 e. The van der Waals surface area contributed by atoms with E-state index in [9.17, 15) is 13.2 Å². The second-order valence-electron chi connectivity index (χ2n) is 8.62. The van der Waals surface area contributed by atoms with Crippen LogP contribution < -0.4 is 20.1 Å². The van der Waals surface area contributed by atoms with Crippen LogP contribution in [0.2, 0.25) is 0 Å². The molecule has 0 spiro atoms. The van der Waals surface area contributed by atoms with Gasteiger partial charge in [0.25, 0.3) is 15.9 Å². The Bertz CT molecular complexity index is 1390. The van der Waals surface area contributed by atoms with Crippen molar-refractivity contribution in [2.75, 3.05) is 17.8 Å². The lowest BCUT2D eigenvalue weighted by atomic mass is 9.97. The number of ether oxygens (including phenoxy) is 1. The lowest BCUT2D eigenvalue weighted by Gasteiger charge is -2.23. The molecule has 1 amide bonds. The molecule has 2 aromatic carbocycles. The molecule has 0 saturated carbocycles. The van der Waals surface area contributed by atoms with Crippen molar-refractivity contribution in [1.82, 2.24) is 20.6 Å². The average Bonchev–Trinajstić information content (AvgIpc) is 3.22. The second kappa shape index (κ2) is 8.37. The lowest BCUT2D eigenvalue weighted by molar-refractivity contribution is 0.0901. The third-order valence-corrected chi connectivity index (χ3v) is 7.52. The molecule has 2 aliphatic heterocycles. The van der Waals surface area contributed by atoms with Crippen molar-refractivity contribution in [1.29, 1.82) is 0 Å². The molecule has 4 bridgehead atoms. The molecule has 3 N–H and O–H groups in total. The monoisotopic (exact) mass is 479 g/mol. The van der Waals surface area contributed by atoms with Gasteiger partial charge in [-0.25, -0.2) is 18.1 Å². The van der Waals surface area contributed by atoms with E-state index in [1.54, 1.807) is 6.07 Å². The molecule has 2 atom stereocenters. The fourth-order valence-corrected chi connectivity index (χ4v) is 5.38. The van der Waals surface area contributed by atoms with Crippen molar-refractivity contribution in [3.05, 3.63) is 64.7 Å². The number of anilines is 1. The van der Waals surface area contributed by atoms with E-state index in [0.717, 1.165) is 16.7 Å². The van der Waals surface area contributed by atoms with E-state index in [2.05, 4.69) is 25.3 Å². The highest BCUT2D eigenvalue weighted by atomic mass is 32.2. The summed E-state index contributed by atoms with van der Waals surface area (Å²) in [5.74, 6) is -0.196. The Labute approximate surface area is 198 Å². The first-order chi connectivity index (χ1) is 16.2. The van der Waals surface area contributed by atoms with Gasteiger partial charge in [0, 0.05) is 29.8 Å². The number of fused-ring (bicyclic) bond motifs is 5. The van der Waals surface area contributed by atoms with Gasteiger partial charge in [-0.1, -0.05) is 24.3 Å². The molecule has 9 nitrogen and oxygen atoms in total. The summed E-state index contributed by atoms with van der Waals surface area (Å²) < 4.78 is 35.1. The normalized spacial score (nSPS) is 21.1. The maximum atomic E-state index is 13.2. The quantitative estimate of drug-likeness (QED) is 0.490. The van der Waals surface area contributed by atoms with Crippen molar-refractivity contribution < 1.29 is 17.9 Å². The SMILES string of the molecule is Cc1cccc(C)c1-c1nc2nc(c1C)O[C@@H]1CNC[C@H]1NC(=O)c1cccc(c1)S(=O)(=O)N2. The number of hydrogen-bond donors (Lipinski definition) is 3. The number of hydrogen-bond acceptors (Lipinski definition) is 7. The number of benzene rings is 2. The number of sulfonamides is 1. The summed E-state index contributed by atoms with van der Waals surface area (Å²) in [4.78, 5) is 21.8. The highest BCUT2D eigenvalue weighted by molar-refractivity contribution is 7.92. The molecule has 3 heterocycles. The summed E-state index contributed by atoms with van der Waals surface area (Å²) >= 11 is 0. The zero-order valence-electron chi connectivity index (χ0n) is 19.0. The molecule has 0 aliphatic carbocycles. The smallest absolute Gasteiger partial charge is 0.264 e. The van der Waals surface area contributed by atoms with E-state index in [1.807, 2.05) is 39.0 Å². The van der Waals surface area contributed by atoms with E-state index < -0.39 is 16.1 Å². The summed E-state index contributed by atoms with van der Waals surface area (Å²) in [5, 5.41) is 6.20. The number of amides is 1. The van der Waals surface area contributed by atoms with Gasteiger partial charge in [0.15, 0.2) is 0 Å². The highest BCUT2D eigenvalue weighted by Crippen LogP contribution is 2.34. The van der Waals surface area contributed by atoms with Crippen LogP contribution in [0.15, 0.2) is 47.4 Å².